The topological polar surface area (TPSA) is 40.5 Å². The SMILES string of the molecule is CCC(C(=O)O)N(C)C(C)c1ccc(Br)s1. The van der Waals surface area contributed by atoms with Crippen molar-refractivity contribution in [3.05, 3.63) is 20.8 Å². The number of likely N-dealkylation sites (N-methyl/N-ethyl adjacent to an activating group) is 1. The van der Waals surface area contributed by atoms with E-state index in [1.807, 2.05) is 37.9 Å². The van der Waals surface area contributed by atoms with E-state index in [4.69, 9.17) is 5.11 Å². The van der Waals surface area contributed by atoms with Crippen LogP contribution in [0, 0.1) is 0 Å². The molecule has 0 aliphatic carbocycles. The van der Waals surface area contributed by atoms with E-state index in [-0.39, 0.29) is 6.04 Å². The van der Waals surface area contributed by atoms with Gasteiger partial charge in [-0.2, -0.15) is 0 Å². The lowest BCUT2D eigenvalue weighted by molar-refractivity contribution is -0.143. The van der Waals surface area contributed by atoms with Crippen molar-refractivity contribution in [3.63, 3.8) is 0 Å². The number of hydrogen-bond acceptors (Lipinski definition) is 3. The van der Waals surface area contributed by atoms with Gasteiger partial charge in [0.15, 0.2) is 0 Å². The minimum atomic E-state index is -0.757. The summed E-state index contributed by atoms with van der Waals surface area (Å²) in [6.45, 7) is 3.93. The lowest BCUT2D eigenvalue weighted by Crippen LogP contribution is -2.39. The first kappa shape index (κ1) is 13.7. The zero-order valence-corrected chi connectivity index (χ0v) is 12.0. The van der Waals surface area contributed by atoms with Crippen LogP contribution in [-0.2, 0) is 4.79 Å². The zero-order valence-electron chi connectivity index (χ0n) is 9.61. The zero-order chi connectivity index (χ0) is 12.3. The predicted octanol–water partition coefficient (Wildman–Crippen LogP) is 3.37. The van der Waals surface area contributed by atoms with Crippen LogP contribution in [0.15, 0.2) is 15.9 Å². The molecule has 2 unspecified atom stereocenters. The molecule has 1 aromatic heterocycles. The Hall–Kier alpha value is -0.390. The Labute approximate surface area is 108 Å². The number of rotatable bonds is 5. The van der Waals surface area contributed by atoms with Crippen LogP contribution in [0.5, 0.6) is 0 Å². The van der Waals surface area contributed by atoms with E-state index in [2.05, 4.69) is 15.9 Å². The summed E-state index contributed by atoms with van der Waals surface area (Å²) in [6.07, 6.45) is 0.614. The normalized spacial score (nSPS) is 15.1. The average Bonchev–Trinajstić information content (AvgIpc) is 2.64. The predicted molar refractivity (Wildman–Crippen MR) is 69.9 cm³/mol. The Kier molecular flexibility index (Phi) is 4.95. The maximum Gasteiger partial charge on any atom is 0.320 e. The molecule has 0 fully saturated rings. The summed E-state index contributed by atoms with van der Waals surface area (Å²) in [6, 6.07) is 3.73. The van der Waals surface area contributed by atoms with Gasteiger partial charge >= 0.3 is 5.97 Å². The average molecular weight is 306 g/mol. The van der Waals surface area contributed by atoms with Gasteiger partial charge in [-0.15, -0.1) is 11.3 Å². The number of carboxylic acids is 1. The van der Waals surface area contributed by atoms with E-state index in [0.717, 1.165) is 3.79 Å². The molecule has 3 nitrogen and oxygen atoms in total. The van der Waals surface area contributed by atoms with Crippen LogP contribution < -0.4 is 0 Å². The Balaban J connectivity index is 2.80. The molecule has 0 saturated carbocycles. The first-order valence-electron chi connectivity index (χ1n) is 5.17. The largest absolute Gasteiger partial charge is 0.480 e. The van der Waals surface area contributed by atoms with E-state index in [0.29, 0.717) is 6.42 Å². The van der Waals surface area contributed by atoms with Crippen molar-refractivity contribution in [2.24, 2.45) is 0 Å². The first-order valence-corrected chi connectivity index (χ1v) is 6.78. The van der Waals surface area contributed by atoms with Gasteiger partial charge in [-0.3, -0.25) is 9.69 Å². The summed E-state index contributed by atoms with van der Waals surface area (Å²) in [4.78, 5) is 14.1. The van der Waals surface area contributed by atoms with Crippen LogP contribution in [0.1, 0.15) is 31.2 Å². The quantitative estimate of drug-likeness (QED) is 0.907. The summed E-state index contributed by atoms with van der Waals surface area (Å²) in [5, 5.41) is 9.10. The van der Waals surface area contributed by atoms with Crippen molar-refractivity contribution in [2.75, 3.05) is 7.05 Å². The smallest absolute Gasteiger partial charge is 0.320 e. The Morgan fingerprint density at radius 2 is 2.25 bits per heavy atom. The molecule has 0 aliphatic rings. The molecule has 0 saturated heterocycles. The van der Waals surface area contributed by atoms with Gasteiger partial charge in [0.1, 0.15) is 6.04 Å². The van der Waals surface area contributed by atoms with Crippen LogP contribution in [0.25, 0.3) is 0 Å². The van der Waals surface area contributed by atoms with Gasteiger partial charge in [-0.1, -0.05) is 6.92 Å². The summed E-state index contributed by atoms with van der Waals surface area (Å²) < 4.78 is 1.08. The Morgan fingerprint density at radius 3 is 2.62 bits per heavy atom. The molecule has 0 amide bonds. The van der Waals surface area contributed by atoms with Crippen molar-refractivity contribution >= 4 is 33.2 Å². The second-order valence-corrected chi connectivity index (χ2v) is 6.24. The van der Waals surface area contributed by atoms with Gasteiger partial charge in [-0.25, -0.2) is 0 Å². The van der Waals surface area contributed by atoms with Crippen LogP contribution in [-0.4, -0.2) is 29.1 Å². The monoisotopic (exact) mass is 305 g/mol. The van der Waals surface area contributed by atoms with Crippen molar-refractivity contribution in [3.8, 4) is 0 Å². The second kappa shape index (κ2) is 5.80. The van der Waals surface area contributed by atoms with Crippen molar-refractivity contribution in [2.45, 2.75) is 32.4 Å². The highest BCUT2D eigenvalue weighted by atomic mass is 79.9. The van der Waals surface area contributed by atoms with Crippen LogP contribution in [0.4, 0.5) is 0 Å². The Bertz CT molecular complexity index is 367. The van der Waals surface area contributed by atoms with Gasteiger partial charge in [0.2, 0.25) is 0 Å². The van der Waals surface area contributed by atoms with E-state index in [1.165, 1.54) is 4.88 Å². The number of halogens is 1. The van der Waals surface area contributed by atoms with Gasteiger partial charge < -0.3 is 5.11 Å². The fraction of sp³-hybridized carbons (Fsp3) is 0.545. The molecular formula is C11H16BrNO2S. The van der Waals surface area contributed by atoms with E-state index in [1.54, 1.807) is 11.3 Å². The molecule has 1 rings (SSSR count). The fourth-order valence-electron chi connectivity index (χ4n) is 1.66. The highest BCUT2D eigenvalue weighted by Crippen LogP contribution is 2.31. The number of carboxylic acid groups (broad SMARTS) is 1. The number of nitrogens with zero attached hydrogens (tertiary/aromatic N) is 1. The molecule has 5 heteroatoms. The molecule has 1 N–H and O–H groups in total. The summed E-state index contributed by atoms with van der Waals surface area (Å²) in [7, 11) is 1.86. The molecule has 0 radical (unpaired) electrons. The van der Waals surface area contributed by atoms with Crippen LogP contribution >= 0.6 is 27.3 Å². The molecule has 0 bridgehead atoms. The third kappa shape index (κ3) is 3.06. The molecule has 1 heterocycles. The fourth-order valence-corrected chi connectivity index (χ4v) is 3.19. The van der Waals surface area contributed by atoms with E-state index in [9.17, 15) is 4.79 Å². The minimum Gasteiger partial charge on any atom is -0.480 e. The standard InChI is InChI=1S/C11H16BrNO2S/c1-4-8(11(14)15)13(3)7(2)9-5-6-10(12)16-9/h5-8H,4H2,1-3H3,(H,14,15). The molecule has 0 aliphatic heterocycles. The summed E-state index contributed by atoms with van der Waals surface area (Å²) in [5.41, 5.74) is 0. The van der Waals surface area contributed by atoms with Gasteiger partial charge in [-0.05, 0) is 48.5 Å². The molecule has 0 aromatic carbocycles. The number of hydrogen-bond donors (Lipinski definition) is 1. The number of thiophene rings is 1. The molecular weight excluding hydrogens is 290 g/mol. The number of carbonyl (C=O) groups is 1. The van der Waals surface area contributed by atoms with E-state index >= 15 is 0 Å². The van der Waals surface area contributed by atoms with Crippen LogP contribution in [0.2, 0.25) is 0 Å². The van der Waals surface area contributed by atoms with Crippen molar-refractivity contribution in [1.82, 2.24) is 4.90 Å². The van der Waals surface area contributed by atoms with Crippen LogP contribution in [0.3, 0.4) is 0 Å². The maximum absolute atomic E-state index is 11.1. The summed E-state index contributed by atoms with van der Waals surface area (Å²) >= 11 is 5.06. The first-order chi connectivity index (χ1) is 7.47. The highest BCUT2D eigenvalue weighted by Gasteiger charge is 2.25. The third-order valence-corrected chi connectivity index (χ3v) is 4.57. The third-order valence-electron chi connectivity index (χ3n) is 2.78. The molecule has 90 valence electrons. The van der Waals surface area contributed by atoms with Gasteiger partial charge in [0.25, 0.3) is 0 Å². The van der Waals surface area contributed by atoms with E-state index < -0.39 is 12.0 Å². The van der Waals surface area contributed by atoms with Gasteiger partial charge in [0, 0.05) is 10.9 Å². The maximum atomic E-state index is 11.1. The molecule has 0 spiro atoms. The number of aliphatic carboxylic acids is 1. The lowest BCUT2D eigenvalue weighted by atomic mass is 10.1. The second-order valence-electron chi connectivity index (χ2n) is 3.75. The minimum absolute atomic E-state index is 0.123. The lowest BCUT2D eigenvalue weighted by Gasteiger charge is -2.29. The molecule has 16 heavy (non-hydrogen) atoms. The molecule has 1 aromatic rings. The van der Waals surface area contributed by atoms with Gasteiger partial charge in [0.05, 0.1) is 3.79 Å². The Morgan fingerprint density at radius 1 is 1.62 bits per heavy atom. The summed E-state index contributed by atoms with van der Waals surface area (Å²) in [5.74, 6) is -0.757. The highest BCUT2D eigenvalue weighted by molar-refractivity contribution is 9.11. The molecule has 2 atom stereocenters. The van der Waals surface area contributed by atoms with Crippen molar-refractivity contribution < 1.29 is 9.90 Å². The van der Waals surface area contributed by atoms with Crippen molar-refractivity contribution in [1.29, 1.82) is 0 Å².